The Morgan fingerprint density at radius 2 is 1.96 bits per heavy atom. The van der Waals surface area contributed by atoms with E-state index in [0.717, 1.165) is 23.3 Å². The van der Waals surface area contributed by atoms with Crippen LogP contribution < -0.4 is 5.32 Å². The zero-order valence-electron chi connectivity index (χ0n) is 16.0. The molecule has 0 spiro atoms. The summed E-state index contributed by atoms with van der Waals surface area (Å²) in [6.45, 7) is 7.33. The lowest BCUT2D eigenvalue weighted by atomic mass is 10.0. The molecule has 1 aromatic heterocycles. The largest absolute Gasteiger partial charge is 0.347 e. The molecule has 0 radical (unpaired) electrons. The van der Waals surface area contributed by atoms with Gasteiger partial charge in [0.1, 0.15) is 0 Å². The van der Waals surface area contributed by atoms with Crippen molar-refractivity contribution in [2.24, 2.45) is 5.92 Å². The summed E-state index contributed by atoms with van der Waals surface area (Å²) < 4.78 is 27.9. The lowest BCUT2D eigenvalue weighted by molar-refractivity contribution is 0.0951. The molecule has 5 nitrogen and oxygen atoms in total. The molecule has 2 aromatic rings. The number of aryl methyl sites for hydroxylation is 1. The topological polar surface area (TPSA) is 66.5 Å². The number of benzene rings is 1. The van der Waals surface area contributed by atoms with E-state index in [1.807, 2.05) is 31.4 Å². The number of hydrogen-bond donors (Lipinski definition) is 1. The molecule has 27 heavy (non-hydrogen) atoms. The second kappa shape index (κ2) is 8.12. The van der Waals surface area contributed by atoms with Crippen molar-refractivity contribution in [3.63, 3.8) is 0 Å². The number of carbonyl (C=O) groups is 1. The van der Waals surface area contributed by atoms with E-state index < -0.39 is 10.0 Å². The highest BCUT2D eigenvalue weighted by Gasteiger charge is 2.30. The van der Waals surface area contributed by atoms with Crippen LogP contribution in [0.1, 0.15) is 46.1 Å². The third-order valence-electron chi connectivity index (χ3n) is 5.25. The van der Waals surface area contributed by atoms with Gasteiger partial charge in [0.25, 0.3) is 5.91 Å². The Bertz CT molecular complexity index is 913. The van der Waals surface area contributed by atoms with Crippen LogP contribution in [-0.4, -0.2) is 31.7 Å². The van der Waals surface area contributed by atoms with Gasteiger partial charge in [-0.2, -0.15) is 4.31 Å². The number of hydrogen-bond acceptors (Lipinski definition) is 4. The maximum absolute atomic E-state index is 13.2. The second-order valence-corrected chi connectivity index (χ2v) is 10.2. The third-order valence-corrected chi connectivity index (χ3v) is 8.15. The van der Waals surface area contributed by atoms with Gasteiger partial charge >= 0.3 is 0 Å². The Balaban J connectivity index is 1.86. The highest BCUT2D eigenvalue weighted by molar-refractivity contribution is 7.89. The van der Waals surface area contributed by atoms with Gasteiger partial charge in [0, 0.05) is 23.5 Å². The number of thiophene rings is 1. The van der Waals surface area contributed by atoms with Gasteiger partial charge in [0.05, 0.1) is 11.4 Å². The predicted octanol–water partition coefficient (Wildman–Crippen LogP) is 3.72. The van der Waals surface area contributed by atoms with Crippen LogP contribution in [0.5, 0.6) is 0 Å². The van der Waals surface area contributed by atoms with Gasteiger partial charge in [-0.05, 0) is 67.3 Å². The summed E-state index contributed by atoms with van der Waals surface area (Å²) in [6, 6.07) is 7.18. The van der Waals surface area contributed by atoms with Crippen molar-refractivity contribution in [1.82, 2.24) is 9.62 Å². The van der Waals surface area contributed by atoms with Gasteiger partial charge in [-0.3, -0.25) is 4.79 Å². The van der Waals surface area contributed by atoms with E-state index in [1.54, 1.807) is 21.7 Å². The molecule has 0 bridgehead atoms. The number of carbonyl (C=O) groups excluding carboxylic acids is 1. The summed E-state index contributed by atoms with van der Waals surface area (Å²) in [4.78, 5) is 13.9. The zero-order valence-corrected chi connectivity index (χ0v) is 17.6. The molecule has 1 amide bonds. The van der Waals surface area contributed by atoms with Crippen molar-refractivity contribution >= 4 is 27.3 Å². The molecule has 1 aliphatic rings. The fraction of sp³-hybridized carbons (Fsp3) is 0.450. The summed E-state index contributed by atoms with van der Waals surface area (Å²) >= 11 is 1.57. The van der Waals surface area contributed by atoms with Gasteiger partial charge in [-0.1, -0.05) is 13.0 Å². The van der Waals surface area contributed by atoms with Crippen LogP contribution in [0, 0.1) is 19.8 Å². The molecule has 146 valence electrons. The molecule has 1 aromatic carbocycles. The van der Waals surface area contributed by atoms with Crippen LogP contribution in [0.4, 0.5) is 0 Å². The molecular weight excluding hydrogens is 380 g/mol. The highest BCUT2D eigenvalue weighted by Crippen LogP contribution is 2.28. The first-order valence-electron chi connectivity index (χ1n) is 9.21. The van der Waals surface area contributed by atoms with E-state index in [-0.39, 0.29) is 10.8 Å². The number of amides is 1. The van der Waals surface area contributed by atoms with Crippen molar-refractivity contribution in [2.75, 3.05) is 13.1 Å². The number of nitrogens with one attached hydrogen (secondary N) is 1. The maximum Gasteiger partial charge on any atom is 0.251 e. The highest BCUT2D eigenvalue weighted by atomic mass is 32.2. The van der Waals surface area contributed by atoms with E-state index in [0.29, 0.717) is 36.7 Å². The first kappa shape index (κ1) is 20.0. The molecule has 1 aliphatic heterocycles. The van der Waals surface area contributed by atoms with E-state index in [2.05, 4.69) is 12.2 Å². The van der Waals surface area contributed by atoms with E-state index >= 15 is 0 Å². The van der Waals surface area contributed by atoms with Crippen LogP contribution in [0.15, 0.2) is 34.5 Å². The Morgan fingerprint density at radius 1 is 1.26 bits per heavy atom. The number of nitrogens with zero attached hydrogens (tertiary/aromatic N) is 1. The molecule has 3 rings (SSSR count). The SMILES string of the molecule is Cc1cc(C(=O)NCc2cccs2)cc(S(=O)(=O)N2CCC(C)CC2)c1C. The zero-order chi connectivity index (χ0) is 19.6. The van der Waals surface area contributed by atoms with Crippen molar-refractivity contribution in [1.29, 1.82) is 0 Å². The quantitative estimate of drug-likeness (QED) is 0.823. The summed E-state index contributed by atoms with van der Waals surface area (Å²) in [5, 5.41) is 4.84. The summed E-state index contributed by atoms with van der Waals surface area (Å²) in [5.74, 6) is 0.295. The van der Waals surface area contributed by atoms with Gasteiger partial charge in [0.15, 0.2) is 0 Å². The summed E-state index contributed by atoms with van der Waals surface area (Å²) in [6.07, 6.45) is 1.75. The lowest BCUT2D eigenvalue weighted by Gasteiger charge is -2.30. The van der Waals surface area contributed by atoms with Gasteiger partial charge < -0.3 is 5.32 Å². The van der Waals surface area contributed by atoms with Crippen LogP contribution >= 0.6 is 11.3 Å². The summed E-state index contributed by atoms with van der Waals surface area (Å²) in [5.41, 5.74) is 1.91. The fourth-order valence-electron chi connectivity index (χ4n) is 3.27. The molecule has 1 N–H and O–H groups in total. The first-order valence-corrected chi connectivity index (χ1v) is 11.5. The summed E-state index contributed by atoms with van der Waals surface area (Å²) in [7, 11) is -3.60. The number of rotatable bonds is 5. The van der Waals surface area contributed by atoms with Crippen molar-refractivity contribution in [3.05, 3.63) is 51.2 Å². The van der Waals surface area contributed by atoms with Crippen molar-refractivity contribution in [2.45, 2.75) is 45.1 Å². The van der Waals surface area contributed by atoms with Crippen molar-refractivity contribution in [3.8, 4) is 0 Å². The molecule has 0 unspecified atom stereocenters. The maximum atomic E-state index is 13.2. The fourth-order valence-corrected chi connectivity index (χ4v) is 5.71. The van der Waals surface area contributed by atoms with Gasteiger partial charge in [0.2, 0.25) is 10.0 Å². The van der Waals surface area contributed by atoms with Crippen molar-refractivity contribution < 1.29 is 13.2 Å². The van der Waals surface area contributed by atoms with E-state index in [4.69, 9.17) is 0 Å². The first-order chi connectivity index (χ1) is 12.8. The number of piperidine rings is 1. The molecular formula is C20H26N2O3S2. The molecule has 0 aliphatic carbocycles. The Labute approximate surface area is 165 Å². The monoisotopic (exact) mass is 406 g/mol. The van der Waals surface area contributed by atoms with Crippen LogP contribution in [0.25, 0.3) is 0 Å². The minimum absolute atomic E-state index is 0.248. The molecule has 0 saturated carbocycles. The third kappa shape index (κ3) is 4.42. The van der Waals surface area contributed by atoms with Crippen LogP contribution in [-0.2, 0) is 16.6 Å². The predicted molar refractivity (Wildman–Crippen MR) is 109 cm³/mol. The standard InChI is InChI=1S/C20H26N2O3S2/c1-14-6-8-22(9-7-14)27(24,25)19-12-17(11-15(2)16(19)3)20(23)21-13-18-5-4-10-26-18/h4-5,10-12,14H,6-9,13H2,1-3H3,(H,21,23). The van der Waals surface area contributed by atoms with Crippen LogP contribution in [0.2, 0.25) is 0 Å². The van der Waals surface area contributed by atoms with Gasteiger partial charge in [-0.25, -0.2) is 8.42 Å². The normalized spacial score (nSPS) is 16.4. The van der Waals surface area contributed by atoms with E-state index in [1.165, 1.54) is 6.07 Å². The molecule has 1 fully saturated rings. The Kier molecular flexibility index (Phi) is 6.03. The lowest BCUT2D eigenvalue weighted by Crippen LogP contribution is -2.38. The van der Waals surface area contributed by atoms with E-state index in [9.17, 15) is 13.2 Å². The molecule has 2 heterocycles. The minimum Gasteiger partial charge on any atom is -0.347 e. The second-order valence-electron chi connectivity index (χ2n) is 7.26. The average Bonchev–Trinajstić information content (AvgIpc) is 3.15. The minimum atomic E-state index is -3.60. The number of sulfonamides is 1. The molecule has 0 atom stereocenters. The Hall–Kier alpha value is -1.70. The average molecular weight is 407 g/mol. The molecule has 1 saturated heterocycles. The smallest absolute Gasteiger partial charge is 0.251 e. The van der Waals surface area contributed by atoms with Crippen LogP contribution in [0.3, 0.4) is 0 Å². The van der Waals surface area contributed by atoms with Gasteiger partial charge in [-0.15, -0.1) is 11.3 Å². The molecule has 7 heteroatoms. The Morgan fingerprint density at radius 3 is 2.59 bits per heavy atom.